The van der Waals surface area contributed by atoms with E-state index < -0.39 is 27.9 Å². The molecule has 1 atom stereocenters. The Labute approximate surface area is 147 Å². The maximum Gasteiger partial charge on any atom is 0.303 e. The van der Waals surface area contributed by atoms with E-state index in [9.17, 15) is 18.0 Å². The molecule has 140 valence electrons. The topological polar surface area (TPSA) is 139 Å². The Balaban J connectivity index is 2.75. The molecule has 0 aliphatic rings. The summed E-state index contributed by atoms with van der Waals surface area (Å²) >= 11 is 0. The average Bonchev–Trinajstić information content (AvgIpc) is 2.49. The molecular weight excluding hydrogens is 346 g/mol. The van der Waals surface area contributed by atoms with Gasteiger partial charge in [-0.15, -0.1) is 0 Å². The number of carboxylic acids is 1. The van der Waals surface area contributed by atoms with Gasteiger partial charge >= 0.3 is 5.97 Å². The molecular formula is C16H25N3O5S. The van der Waals surface area contributed by atoms with E-state index in [0.717, 1.165) is 0 Å². The van der Waals surface area contributed by atoms with Gasteiger partial charge in [0.2, 0.25) is 0 Å². The molecule has 9 heteroatoms. The summed E-state index contributed by atoms with van der Waals surface area (Å²) in [7, 11) is -3.99. The van der Waals surface area contributed by atoms with Crippen LogP contribution in [0.2, 0.25) is 0 Å². The van der Waals surface area contributed by atoms with Crippen molar-refractivity contribution in [3.05, 3.63) is 24.3 Å². The first-order valence-corrected chi connectivity index (χ1v) is 9.47. The molecule has 0 aliphatic heterocycles. The zero-order chi connectivity index (χ0) is 19.0. The molecule has 0 saturated heterocycles. The van der Waals surface area contributed by atoms with Gasteiger partial charge in [-0.25, -0.2) is 13.1 Å². The van der Waals surface area contributed by atoms with Crippen LogP contribution in [0.3, 0.4) is 0 Å². The van der Waals surface area contributed by atoms with Crippen LogP contribution in [0.4, 0.5) is 5.69 Å². The molecule has 1 aromatic carbocycles. The highest BCUT2D eigenvalue weighted by molar-refractivity contribution is 7.90. The van der Waals surface area contributed by atoms with Crippen LogP contribution in [0.15, 0.2) is 29.2 Å². The van der Waals surface area contributed by atoms with Crippen molar-refractivity contribution in [2.24, 2.45) is 5.92 Å². The number of hydrogen-bond donors (Lipinski definition) is 4. The van der Waals surface area contributed by atoms with E-state index in [2.05, 4.69) is 10.0 Å². The number of anilines is 1. The van der Waals surface area contributed by atoms with Gasteiger partial charge in [-0.2, -0.15) is 0 Å². The van der Waals surface area contributed by atoms with E-state index in [4.69, 9.17) is 10.8 Å². The monoisotopic (exact) mass is 371 g/mol. The van der Waals surface area contributed by atoms with Gasteiger partial charge < -0.3 is 16.2 Å². The summed E-state index contributed by atoms with van der Waals surface area (Å²) in [5.41, 5.74) is 5.95. The number of hydrogen-bond acceptors (Lipinski definition) is 6. The molecule has 0 radical (unpaired) electrons. The second-order valence-electron chi connectivity index (χ2n) is 6.17. The molecule has 0 saturated carbocycles. The molecule has 0 unspecified atom stereocenters. The molecule has 0 heterocycles. The van der Waals surface area contributed by atoms with Crippen molar-refractivity contribution in [1.29, 1.82) is 0 Å². The van der Waals surface area contributed by atoms with Crippen molar-refractivity contribution in [1.82, 2.24) is 10.0 Å². The van der Waals surface area contributed by atoms with Crippen molar-refractivity contribution < 1.29 is 23.1 Å². The third-order valence-electron chi connectivity index (χ3n) is 3.41. The summed E-state index contributed by atoms with van der Waals surface area (Å²) in [5, 5.41) is 11.6. The standard InChI is InChI=1S/C16H25N3O5S/c1-11(2)10-14(18-9-3-4-15(20)21)16(22)19-25(23,24)13-7-5-12(17)6-8-13/h5-8,11,14,18H,3-4,9-10,17H2,1-2H3,(H,19,22)(H,20,21)/t14-/m0/s1. The second kappa shape index (κ2) is 9.38. The minimum Gasteiger partial charge on any atom is -0.481 e. The normalized spacial score (nSPS) is 12.8. The van der Waals surface area contributed by atoms with Gasteiger partial charge in [0, 0.05) is 12.1 Å². The van der Waals surface area contributed by atoms with Crippen LogP contribution >= 0.6 is 0 Å². The molecule has 25 heavy (non-hydrogen) atoms. The Morgan fingerprint density at radius 1 is 1.20 bits per heavy atom. The molecule has 1 rings (SSSR count). The highest BCUT2D eigenvalue weighted by atomic mass is 32.2. The van der Waals surface area contributed by atoms with Crippen molar-refractivity contribution in [3.63, 3.8) is 0 Å². The van der Waals surface area contributed by atoms with Crippen molar-refractivity contribution in [2.75, 3.05) is 12.3 Å². The Morgan fingerprint density at radius 3 is 2.32 bits per heavy atom. The number of sulfonamides is 1. The lowest BCUT2D eigenvalue weighted by Crippen LogP contribution is -2.47. The summed E-state index contributed by atoms with van der Waals surface area (Å²) in [5.74, 6) is -1.43. The Kier molecular flexibility index (Phi) is 7.85. The lowest BCUT2D eigenvalue weighted by Gasteiger charge is -2.20. The van der Waals surface area contributed by atoms with Gasteiger partial charge in [-0.1, -0.05) is 13.8 Å². The van der Waals surface area contributed by atoms with Crippen molar-refractivity contribution in [2.45, 2.75) is 44.0 Å². The number of nitrogens with one attached hydrogen (secondary N) is 2. The number of nitrogen functional groups attached to an aromatic ring is 1. The first-order valence-electron chi connectivity index (χ1n) is 7.99. The van der Waals surface area contributed by atoms with E-state index in [1.54, 1.807) is 0 Å². The van der Waals surface area contributed by atoms with Gasteiger partial charge in [0.05, 0.1) is 10.9 Å². The third kappa shape index (κ3) is 7.53. The Morgan fingerprint density at radius 2 is 1.80 bits per heavy atom. The van der Waals surface area contributed by atoms with Gasteiger partial charge in [-0.05, 0) is 49.6 Å². The van der Waals surface area contributed by atoms with Gasteiger partial charge in [-0.3, -0.25) is 9.59 Å². The second-order valence-corrected chi connectivity index (χ2v) is 7.85. The Hall–Kier alpha value is -2.13. The van der Waals surface area contributed by atoms with Crippen molar-refractivity contribution in [3.8, 4) is 0 Å². The lowest BCUT2D eigenvalue weighted by atomic mass is 10.0. The molecule has 0 aromatic heterocycles. The molecule has 0 aliphatic carbocycles. The summed E-state index contributed by atoms with van der Waals surface area (Å²) < 4.78 is 26.6. The van der Waals surface area contributed by atoms with Crippen molar-refractivity contribution >= 4 is 27.6 Å². The summed E-state index contributed by atoms with van der Waals surface area (Å²) in [6.45, 7) is 4.13. The summed E-state index contributed by atoms with van der Waals surface area (Å²) in [4.78, 5) is 22.8. The number of nitrogens with two attached hydrogens (primary N) is 1. The molecule has 0 spiro atoms. The predicted octanol–water partition coefficient (Wildman–Crippen LogP) is 0.943. The molecule has 1 aromatic rings. The number of benzene rings is 1. The van der Waals surface area contributed by atoms with E-state index in [1.807, 2.05) is 13.8 Å². The first kappa shape index (κ1) is 20.9. The third-order valence-corrected chi connectivity index (χ3v) is 4.77. The minimum atomic E-state index is -3.99. The number of rotatable bonds is 10. The van der Waals surface area contributed by atoms with Crippen LogP contribution in [0.5, 0.6) is 0 Å². The fraction of sp³-hybridized carbons (Fsp3) is 0.500. The van der Waals surface area contributed by atoms with Gasteiger partial charge in [0.15, 0.2) is 0 Å². The number of aliphatic carboxylic acids is 1. The quantitative estimate of drug-likeness (QED) is 0.354. The minimum absolute atomic E-state index is 0.0211. The van der Waals surface area contributed by atoms with Crippen LogP contribution in [0.1, 0.15) is 33.1 Å². The van der Waals surface area contributed by atoms with Crippen LogP contribution in [0, 0.1) is 5.92 Å². The van der Waals surface area contributed by atoms with Gasteiger partial charge in [0.1, 0.15) is 0 Å². The fourth-order valence-electron chi connectivity index (χ4n) is 2.18. The van der Waals surface area contributed by atoms with E-state index in [1.165, 1.54) is 24.3 Å². The molecule has 5 N–H and O–H groups in total. The molecule has 1 amide bonds. The number of carbonyl (C=O) groups is 2. The maximum absolute atomic E-state index is 12.4. The average molecular weight is 371 g/mol. The van der Waals surface area contributed by atoms with Crippen LogP contribution < -0.4 is 15.8 Å². The van der Waals surface area contributed by atoms with Crippen LogP contribution in [0.25, 0.3) is 0 Å². The molecule has 0 fully saturated rings. The Bertz CT molecular complexity index is 686. The number of amides is 1. The largest absolute Gasteiger partial charge is 0.481 e. The molecule has 8 nitrogen and oxygen atoms in total. The van der Waals surface area contributed by atoms with E-state index >= 15 is 0 Å². The number of carbonyl (C=O) groups excluding carboxylic acids is 1. The van der Waals surface area contributed by atoms with Crippen LogP contribution in [-0.2, 0) is 19.6 Å². The van der Waals surface area contributed by atoms with E-state index in [-0.39, 0.29) is 17.2 Å². The lowest BCUT2D eigenvalue weighted by molar-refractivity contribution is -0.137. The van der Waals surface area contributed by atoms with Gasteiger partial charge in [0.25, 0.3) is 15.9 Å². The highest BCUT2D eigenvalue weighted by Gasteiger charge is 2.25. The summed E-state index contributed by atoms with van der Waals surface area (Å²) in [6, 6.07) is 4.80. The first-order chi connectivity index (χ1) is 11.6. The smallest absolute Gasteiger partial charge is 0.303 e. The SMILES string of the molecule is CC(C)C[C@H](NCCCC(=O)O)C(=O)NS(=O)(=O)c1ccc(N)cc1. The number of carboxylic acid groups (broad SMARTS) is 1. The maximum atomic E-state index is 12.4. The zero-order valence-electron chi connectivity index (χ0n) is 14.4. The fourth-order valence-corrected chi connectivity index (χ4v) is 3.20. The zero-order valence-corrected chi connectivity index (χ0v) is 15.2. The predicted molar refractivity (Wildman–Crippen MR) is 94.3 cm³/mol. The van der Waals surface area contributed by atoms with Crippen LogP contribution in [-0.4, -0.2) is 38.0 Å². The molecule has 0 bridgehead atoms. The summed E-state index contributed by atoms with van der Waals surface area (Å²) in [6.07, 6.45) is 0.755. The highest BCUT2D eigenvalue weighted by Crippen LogP contribution is 2.12. The van der Waals surface area contributed by atoms with E-state index in [0.29, 0.717) is 25.1 Å².